The van der Waals surface area contributed by atoms with E-state index in [0.717, 1.165) is 12.1 Å². The largest absolute Gasteiger partial charge is 0.353 e. The third kappa shape index (κ3) is 5.62. The van der Waals surface area contributed by atoms with Gasteiger partial charge in [-0.05, 0) is 25.0 Å². The van der Waals surface area contributed by atoms with Crippen LogP contribution in [0.25, 0.3) is 11.4 Å². The SMILES string of the molecule is Cc1ccc(-c2nnn(CC(=O)NCCNC3CCCCCC3)n2)cc1. The third-order valence-electron chi connectivity index (χ3n) is 4.78. The van der Waals surface area contributed by atoms with Gasteiger partial charge in [-0.3, -0.25) is 4.79 Å². The fourth-order valence-corrected chi connectivity index (χ4v) is 3.27. The van der Waals surface area contributed by atoms with Gasteiger partial charge < -0.3 is 10.6 Å². The summed E-state index contributed by atoms with van der Waals surface area (Å²) in [5, 5.41) is 18.7. The molecule has 26 heavy (non-hydrogen) atoms. The summed E-state index contributed by atoms with van der Waals surface area (Å²) in [6.45, 7) is 3.54. The summed E-state index contributed by atoms with van der Waals surface area (Å²) in [5.41, 5.74) is 2.08. The highest BCUT2D eigenvalue weighted by atomic mass is 16.2. The number of amides is 1. The van der Waals surface area contributed by atoms with Crippen LogP contribution in [-0.2, 0) is 11.3 Å². The number of aromatic nitrogens is 4. The first-order valence-electron chi connectivity index (χ1n) is 9.55. The second-order valence-corrected chi connectivity index (χ2v) is 7.00. The molecule has 7 heteroatoms. The molecule has 0 unspecified atom stereocenters. The van der Waals surface area contributed by atoms with Gasteiger partial charge in [0.05, 0.1) is 0 Å². The fourth-order valence-electron chi connectivity index (χ4n) is 3.27. The second kappa shape index (κ2) is 9.43. The zero-order valence-corrected chi connectivity index (χ0v) is 15.4. The van der Waals surface area contributed by atoms with E-state index in [2.05, 4.69) is 26.0 Å². The van der Waals surface area contributed by atoms with Crippen molar-refractivity contribution in [3.8, 4) is 11.4 Å². The van der Waals surface area contributed by atoms with Gasteiger partial charge in [-0.1, -0.05) is 55.5 Å². The van der Waals surface area contributed by atoms with Gasteiger partial charge in [0, 0.05) is 24.7 Å². The van der Waals surface area contributed by atoms with Crippen LogP contribution in [0.4, 0.5) is 0 Å². The minimum Gasteiger partial charge on any atom is -0.353 e. The van der Waals surface area contributed by atoms with Crippen LogP contribution < -0.4 is 10.6 Å². The standard InChI is InChI=1S/C19H28N6O/c1-15-8-10-16(11-9-15)19-22-24-25(23-19)14-18(26)21-13-12-20-17-6-4-2-3-5-7-17/h8-11,17,20H,2-7,12-14H2,1H3,(H,21,26). The van der Waals surface area contributed by atoms with Crippen LogP contribution in [0.15, 0.2) is 24.3 Å². The predicted octanol–water partition coefficient (Wildman–Crippen LogP) is 2.08. The number of rotatable bonds is 7. The van der Waals surface area contributed by atoms with Crippen LogP contribution in [0.1, 0.15) is 44.1 Å². The monoisotopic (exact) mass is 356 g/mol. The Kier molecular flexibility index (Phi) is 6.71. The van der Waals surface area contributed by atoms with Crippen molar-refractivity contribution in [2.75, 3.05) is 13.1 Å². The van der Waals surface area contributed by atoms with Gasteiger partial charge in [0.2, 0.25) is 11.7 Å². The molecule has 0 radical (unpaired) electrons. The zero-order chi connectivity index (χ0) is 18.2. The van der Waals surface area contributed by atoms with Crippen molar-refractivity contribution >= 4 is 5.91 Å². The van der Waals surface area contributed by atoms with Gasteiger partial charge in [-0.25, -0.2) is 0 Å². The molecule has 1 fully saturated rings. The van der Waals surface area contributed by atoms with Crippen LogP contribution in [0.5, 0.6) is 0 Å². The first-order chi connectivity index (χ1) is 12.7. The van der Waals surface area contributed by atoms with Crippen LogP contribution in [0, 0.1) is 6.92 Å². The zero-order valence-electron chi connectivity index (χ0n) is 15.4. The first-order valence-corrected chi connectivity index (χ1v) is 9.55. The normalized spacial score (nSPS) is 15.6. The van der Waals surface area contributed by atoms with E-state index in [0.29, 0.717) is 18.4 Å². The maximum atomic E-state index is 12.0. The van der Waals surface area contributed by atoms with Crippen LogP contribution >= 0.6 is 0 Å². The number of tetrazole rings is 1. The van der Waals surface area contributed by atoms with Crippen molar-refractivity contribution in [1.82, 2.24) is 30.8 Å². The maximum Gasteiger partial charge on any atom is 0.243 e. The van der Waals surface area contributed by atoms with Gasteiger partial charge in [0.15, 0.2) is 0 Å². The number of nitrogens with zero attached hydrogens (tertiary/aromatic N) is 4. The number of hydrogen-bond acceptors (Lipinski definition) is 5. The van der Waals surface area contributed by atoms with Gasteiger partial charge in [-0.15, -0.1) is 10.2 Å². The van der Waals surface area contributed by atoms with E-state index in [1.54, 1.807) is 0 Å². The molecule has 1 aliphatic rings. The molecular weight excluding hydrogens is 328 g/mol. The smallest absolute Gasteiger partial charge is 0.243 e. The molecule has 7 nitrogen and oxygen atoms in total. The lowest BCUT2D eigenvalue weighted by Gasteiger charge is -2.16. The maximum absolute atomic E-state index is 12.0. The summed E-state index contributed by atoms with van der Waals surface area (Å²) in [7, 11) is 0. The van der Waals surface area contributed by atoms with E-state index in [-0.39, 0.29) is 12.5 Å². The molecule has 0 aliphatic heterocycles. The highest BCUT2D eigenvalue weighted by Gasteiger charge is 2.12. The van der Waals surface area contributed by atoms with Crippen LogP contribution in [-0.4, -0.2) is 45.2 Å². The van der Waals surface area contributed by atoms with Crippen molar-refractivity contribution in [1.29, 1.82) is 0 Å². The molecule has 0 spiro atoms. The quantitative estimate of drug-likeness (QED) is 0.586. The third-order valence-corrected chi connectivity index (χ3v) is 4.78. The van der Waals surface area contributed by atoms with E-state index < -0.39 is 0 Å². The number of carbonyl (C=O) groups excluding carboxylic acids is 1. The highest BCUT2D eigenvalue weighted by Crippen LogP contribution is 2.17. The molecule has 2 aromatic rings. The van der Waals surface area contributed by atoms with E-state index in [1.807, 2.05) is 31.2 Å². The summed E-state index contributed by atoms with van der Waals surface area (Å²) >= 11 is 0. The minimum atomic E-state index is -0.0967. The molecular formula is C19H28N6O. The van der Waals surface area contributed by atoms with Crippen LogP contribution in [0.2, 0.25) is 0 Å². The number of benzene rings is 1. The minimum absolute atomic E-state index is 0.0856. The Bertz CT molecular complexity index is 688. The summed E-state index contributed by atoms with van der Waals surface area (Å²) in [4.78, 5) is 13.4. The summed E-state index contributed by atoms with van der Waals surface area (Å²) in [5.74, 6) is 0.438. The van der Waals surface area contributed by atoms with E-state index in [1.165, 1.54) is 48.9 Å². The Hall–Kier alpha value is -2.28. The number of carbonyl (C=O) groups is 1. The lowest BCUT2D eigenvalue weighted by atomic mass is 10.1. The van der Waals surface area contributed by atoms with E-state index >= 15 is 0 Å². The molecule has 0 saturated heterocycles. The molecule has 0 bridgehead atoms. The second-order valence-electron chi connectivity index (χ2n) is 7.00. The van der Waals surface area contributed by atoms with Gasteiger partial charge in [-0.2, -0.15) is 4.80 Å². The van der Waals surface area contributed by atoms with Crippen molar-refractivity contribution < 1.29 is 4.79 Å². The molecule has 1 aliphatic carbocycles. The Balaban J connectivity index is 1.39. The average Bonchev–Trinajstić information content (AvgIpc) is 2.94. The average molecular weight is 356 g/mol. The summed E-state index contributed by atoms with van der Waals surface area (Å²) in [6.07, 6.45) is 7.82. The molecule has 1 aromatic heterocycles. The van der Waals surface area contributed by atoms with Gasteiger partial charge >= 0.3 is 0 Å². The molecule has 1 saturated carbocycles. The number of aryl methyl sites for hydroxylation is 1. The molecule has 1 heterocycles. The molecule has 1 aromatic carbocycles. The van der Waals surface area contributed by atoms with Gasteiger partial charge in [0.1, 0.15) is 6.54 Å². The molecule has 140 valence electrons. The Morgan fingerprint density at radius 3 is 2.58 bits per heavy atom. The molecule has 2 N–H and O–H groups in total. The number of nitrogens with one attached hydrogen (secondary N) is 2. The lowest BCUT2D eigenvalue weighted by Crippen LogP contribution is -2.38. The molecule has 3 rings (SSSR count). The van der Waals surface area contributed by atoms with E-state index in [9.17, 15) is 4.79 Å². The van der Waals surface area contributed by atoms with Crippen molar-refractivity contribution in [3.63, 3.8) is 0 Å². The van der Waals surface area contributed by atoms with E-state index in [4.69, 9.17) is 0 Å². The first kappa shape index (κ1) is 18.5. The Morgan fingerprint density at radius 2 is 1.85 bits per heavy atom. The lowest BCUT2D eigenvalue weighted by molar-refractivity contribution is -0.122. The molecule has 1 amide bonds. The van der Waals surface area contributed by atoms with Gasteiger partial charge in [0.25, 0.3) is 0 Å². The molecule has 0 atom stereocenters. The Morgan fingerprint density at radius 1 is 1.12 bits per heavy atom. The fraction of sp³-hybridized carbons (Fsp3) is 0.579. The van der Waals surface area contributed by atoms with Crippen molar-refractivity contribution in [3.05, 3.63) is 29.8 Å². The topological polar surface area (TPSA) is 84.7 Å². The predicted molar refractivity (Wildman–Crippen MR) is 100 cm³/mol. The Labute approximate surface area is 154 Å². The summed E-state index contributed by atoms with van der Waals surface area (Å²) in [6, 6.07) is 8.52. The summed E-state index contributed by atoms with van der Waals surface area (Å²) < 4.78 is 0. The van der Waals surface area contributed by atoms with Crippen molar-refractivity contribution in [2.45, 2.75) is 58.0 Å². The van der Waals surface area contributed by atoms with Crippen LogP contribution in [0.3, 0.4) is 0 Å². The highest BCUT2D eigenvalue weighted by molar-refractivity contribution is 5.75. The number of hydrogen-bond donors (Lipinski definition) is 2. The van der Waals surface area contributed by atoms with Crippen molar-refractivity contribution in [2.24, 2.45) is 0 Å².